The Bertz CT molecular complexity index is 988. The normalized spacial score (nSPS) is 10.4. The molecule has 26 heavy (non-hydrogen) atoms. The molecular weight excluding hydrogens is 355 g/mol. The summed E-state index contributed by atoms with van der Waals surface area (Å²) in [7, 11) is 0. The van der Waals surface area contributed by atoms with Gasteiger partial charge in [-0.15, -0.1) is 0 Å². The highest BCUT2D eigenvalue weighted by Crippen LogP contribution is 2.25. The quantitative estimate of drug-likeness (QED) is 0.746. The third-order valence-electron chi connectivity index (χ3n) is 3.80. The summed E-state index contributed by atoms with van der Waals surface area (Å²) >= 11 is 6.34. The van der Waals surface area contributed by atoms with Crippen LogP contribution in [0.15, 0.2) is 48.5 Å². The molecule has 0 saturated carbocycles. The molecule has 5 nitrogen and oxygen atoms in total. The minimum Gasteiger partial charge on any atom is -0.322 e. The summed E-state index contributed by atoms with van der Waals surface area (Å²) in [6.07, 6.45) is 0.309. The third kappa shape index (κ3) is 3.58. The minimum absolute atomic E-state index is 0.146. The molecule has 1 N–H and O–H groups in total. The van der Waals surface area contributed by atoms with Crippen LogP contribution in [-0.4, -0.2) is 15.7 Å². The van der Waals surface area contributed by atoms with Crippen molar-refractivity contribution in [2.45, 2.75) is 13.3 Å². The van der Waals surface area contributed by atoms with Gasteiger partial charge in [-0.2, -0.15) is 10.4 Å². The van der Waals surface area contributed by atoms with Gasteiger partial charge >= 0.3 is 0 Å². The topological polar surface area (TPSA) is 70.7 Å². The Morgan fingerprint density at radius 3 is 2.50 bits per heavy atom. The van der Waals surface area contributed by atoms with E-state index in [1.807, 2.05) is 0 Å². The number of nitriles is 1. The van der Waals surface area contributed by atoms with Crippen LogP contribution in [0, 0.1) is 24.1 Å². The van der Waals surface area contributed by atoms with Gasteiger partial charge in [-0.1, -0.05) is 23.7 Å². The molecule has 0 aliphatic heterocycles. The van der Waals surface area contributed by atoms with Crippen molar-refractivity contribution < 1.29 is 9.18 Å². The van der Waals surface area contributed by atoms with E-state index < -0.39 is 5.91 Å². The molecule has 0 aliphatic rings. The van der Waals surface area contributed by atoms with Gasteiger partial charge in [0.25, 0.3) is 5.91 Å². The van der Waals surface area contributed by atoms with Crippen LogP contribution >= 0.6 is 11.6 Å². The number of nitrogens with zero attached hydrogens (tertiary/aromatic N) is 3. The molecule has 0 spiro atoms. The van der Waals surface area contributed by atoms with Crippen LogP contribution in [0.1, 0.15) is 21.6 Å². The molecule has 0 atom stereocenters. The fourth-order valence-electron chi connectivity index (χ4n) is 2.50. The fourth-order valence-corrected chi connectivity index (χ4v) is 2.86. The number of nitrogens with one attached hydrogen (secondary N) is 1. The first-order valence-electron chi connectivity index (χ1n) is 7.78. The number of rotatable bonds is 4. The molecular formula is C19H14ClFN4O. The molecule has 0 radical (unpaired) electrons. The molecule has 1 aromatic heterocycles. The van der Waals surface area contributed by atoms with E-state index in [9.17, 15) is 9.18 Å². The van der Waals surface area contributed by atoms with Crippen molar-refractivity contribution in [3.8, 4) is 11.8 Å². The van der Waals surface area contributed by atoms with Crippen LogP contribution in [0.2, 0.25) is 5.15 Å². The van der Waals surface area contributed by atoms with Gasteiger partial charge in [-0.25, -0.2) is 9.07 Å². The molecule has 7 heteroatoms. The zero-order valence-electron chi connectivity index (χ0n) is 13.8. The van der Waals surface area contributed by atoms with Gasteiger partial charge in [-0.05, 0) is 48.9 Å². The van der Waals surface area contributed by atoms with Crippen LogP contribution in [0.25, 0.3) is 5.69 Å². The smallest absolute Gasteiger partial charge is 0.260 e. The van der Waals surface area contributed by atoms with Crippen LogP contribution < -0.4 is 5.32 Å². The SMILES string of the molecule is Cc1nn(-c2ccc(F)cc2)c(Cl)c1C(=O)Nc1ccc(CC#N)cc1. The number of halogens is 2. The van der Waals surface area contributed by atoms with Gasteiger partial charge in [0.05, 0.1) is 23.9 Å². The Morgan fingerprint density at radius 2 is 1.88 bits per heavy atom. The lowest BCUT2D eigenvalue weighted by molar-refractivity contribution is 0.102. The van der Waals surface area contributed by atoms with E-state index in [0.29, 0.717) is 23.5 Å². The summed E-state index contributed by atoms with van der Waals surface area (Å²) in [6.45, 7) is 1.68. The molecule has 3 aromatic rings. The van der Waals surface area contributed by atoms with E-state index in [4.69, 9.17) is 16.9 Å². The van der Waals surface area contributed by atoms with Crippen molar-refractivity contribution in [2.24, 2.45) is 0 Å². The van der Waals surface area contributed by atoms with Gasteiger partial charge in [0.1, 0.15) is 16.5 Å². The van der Waals surface area contributed by atoms with Gasteiger partial charge in [0, 0.05) is 5.69 Å². The lowest BCUT2D eigenvalue weighted by atomic mass is 10.1. The van der Waals surface area contributed by atoms with E-state index in [-0.39, 0.29) is 16.5 Å². The maximum Gasteiger partial charge on any atom is 0.260 e. The Kier molecular flexibility index (Phi) is 5.01. The van der Waals surface area contributed by atoms with E-state index in [1.54, 1.807) is 31.2 Å². The highest BCUT2D eigenvalue weighted by molar-refractivity contribution is 6.34. The lowest BCUT2D eigenvalue weighted by Crippen LogP contribution is -2.13. The summed E-state index contributed by atoms with van der Waals surface area (Å²) in [5.74, 6) is -0.763. The Labute approximate surface area is 154 Å². The van der Waals surface area contributed by atoms with Crippen molar-refractivity contribution in [3.05, 3.63) is 76.3 Å². The third-order valence-corrected chi connectivity index (χ3v) is 4.15. The number of benzene rings is 2. The van der Waals surface area contributed by atoms with E-state index >= 15 is 0 Å². The number of aryl methyl sites for hydroxylation is 1. The number of amides is 1. The van der Waals surface area contributed by atoms with Crippen LogP contribution in [0.4, 0.5) is 10.1 Å². The predicted octanol–water partition coefficient (Wildman–Crippen LogP) is 4.29. The fraction of sp³-hybridized carbons (Fsp3) is 0.105. The van der Waals surface area contributed by atoms with Crippen LogP contribution in [-0.2, 0) is 6.42 Å². The second kappa shape index (κ2) is 7.38. The van der Waals surface area contributed by atoms with Crippen molar-refractivity contribution in [1.82, 2.24) is 9.78 Å². The molecule has 130 valence electrons. The highest BCUT2D eigenvalue weighted by Gasteiger charge is 2.21. The summed E-state index contributed by atoms with van der Waals surface area (Å²) in [6, 6.07) is 14.7. The van der Waals surface area contributed by atoms with Crippen LogP contribution in [0.3, 0.4) is 0 Å². The average Bonchev–Trinajstić information content (AvgIpc) is 2.92. The Balaban J connectivity index is 1.86. The molecule has 1 heterocycles. The number of carbonyl (C=O) groups is 1. The van der Waals surface area contributed by atoms with Crippen molar-refractivity contribution in [1.29, 1.82) is 5.26 Å². The van der Waals surface area contributed by atoms with E-state index in [2.05, 4.69) is 16.5 Å². The van der Waals surface area contributed by atoms with Gasteiger partial charge in [-0.3, -0.25) is 4.79 Å². The monoisotopic (exact) mass is 368 g/mol. The first-order valence-corrected chi connectivity index (χ1v) is 8.15. The maximum atomic E-state index is 13.1. The Hall–Kier alpha value is -3.17. The first-order chi connectivity index (χ1) is 12.5. The Morgan fingerprint density at radius 1 is 1.23 bits per heavy atom. The van der Waals surface area contributed by atoms with E-state index in [1.165, 1.54) is 28.9 Å². The van der Waals surface area contributed by atoms with Gasteiger partial charge in [0.2, 0.25) is 0 Å². The number of hydrogen-bond acceptors (Lipinski definition) is 3. The molecule has 0 unspecified atom stereocenters. The standard InChI is InChI=1S/C19H14ClFN4O/c1-12-17(18(20)25(24-12)16-8-4-14(21)5-9-16)19(26)23-15-6-2-13(3-7-15)10-11-22/h2-9H,10H2,1H3,(H,23,26). The zero-order chi connectivity index (χ0) is 18.7. The summed E-state index contributed by atoms with van der Waals surface area (Å²) < 4.78 is 14.5. The number of anilines is 1. The molecule has 2 aromatic carbocycles. The summed E-state index contributed by atoms with van der Waals surface area (Å²) in [4.78, 5) is 12.6. The molecule has 0 saturated heterocycles. The predicted molar refractivity (Wildman–Crippen MR) is 97.0 cm³/mol. The molecule has 3 rings (SSSR count). The average molecular weight is 369 g/mol. The summed E-state index contributed by atoms with van der Waals surface area (Å²) in [5, 5.41) is 15.9. The molecule has 1 amide bonds. The zero-order valence-corrected chi connectivity index (χ0v) is 14.6. The van der Waals surface area contributed by atoms with Crippen molar-refractivity contribution in [3.63, 3.8) is 0 Å². The first kappa shape index (κ1) is 17.6. The van der Waals surface area contributed by atoms with Gasteiger partial charge < -0.3 is 5.32 Å². The second-order valence-electron chi connectivity index (χ2n) is 5.63. The molecule has 0 aliphatic carbocycles. The maximum absolute atomic E-state index is 13.1. The largest absolute Gasteiger partial charge is 0.322 e. The second-order valence-corrected chi connectivity index (χ2v) is 5.98. The van der Waals surface area contributed by atoms with Crippen LogP contribution in [0.5, 0.6) is 0 Å². The molecule has 0 fully saturated rings. The summed E-state index contributed by atoms with van der Waals surface area (Å²) in [5.41, 5.74) is 2.71. The highest BCUT2D eigenvalue weighted by atomic mass is 35.5. The van der Waals surface area contributed by atoms with Gasteiger partial charge in [0.15, 0.2) is 0 Å². The minimum atomic E-state index is -0.395. The molecule has 0 bridgehead atoms. The number of aromatic nitrogens is 2. The van der Waals surface area contributed by atoms with Crippen molar-refractivity contribution >= 4 is 23.2 Å². The van der Waals surface area contributed by atoms with E-state index in [0.717, 1.165) is 5.56 Å². The number of hydrogen-bond donors (Lipinski definition) is 1. The van der Waals surface area contributed by atoms with Crippen molar-refractivity contribution in [2.75, 3.05) is 5.32 Å². The number of carbonyl (C=O) groups excluding carboxylic acids is 1. The lowest BCUT2D eigenvalue weighted by Gasteiger charge is -2.06.